The summed E-state index contributed by atoms with van der Waals surface area (Å²) in [5.41, 5.74) is 4.15. The molecule has 1 saturated heterocycles. The van der Waals surface area contributed by atoms with E-state index in [0.717, 1.165) is 54.0 Å². The highest BCUT2D eigenvalue weighted by atomic mass is 16.5. The molecule has 156 valence electrons. The molecule has 0 aliphatic carbocycles. The number of hydrogen-bond donors (Lipinski definition) is 1. The molecular weight excluding hydrogens is 378 g/mol. The Morgan fingerprint density at radius 2 is 2.10 bits per heavy atom. The van der Waals surface area contributed by atoms with Gasteiger partial charge in [0.1, 0.15) is 5.75 Å². The minimum atomic E-state index is 0.0273. The summed E-state index contributed by atoms with van der Waals surface area (Å²) in [5.74, 6) is 0.850. The van der Waals surface area contributed by atoms with Crippen molar-refractivity contribution < 1.29 is 9.53 Å². The lowest BCUT2D eigenvalue weighted by Gasteiger charge is -2.47. The van der Waals surface area contributed by atoms with Gasteiger partial charge in [0.05, 0.1) is 17.3 Å². The van der Waals surface area contributed by atoms with Crippen LogP contribution in [0.15, 0.2) is 36.5 Å². The molecule has 0 unspecified atom stereocenters. The van der Waals surface area contributed by atoms with E-state index in [-0.39, 0.29) is 17.6 Å². The maximum atomic E-state index is 12.1. The number of nitrogens with zero attached hydrogens (tertiary/aromatic N) is 4. The fourth-order valence-electron chi connectivity index (χ4n) is 4.61. The standard InChI is InChI=1S/C23H27N5O2/c1-4-24-22(29)27-13-23(14-27)7-8-28-21(23)11-20(26-28)17-9-16-10-18(30-15(2)3)5-6-19(16)25-12-17/h5-6,9-12,15H,4,7-8,13-14H2,1-3H3,(H,24,29). The summed E-state index contributed by atoms with van der Waals surface area (Å²) in [6.07, 6.45) is 3.06. The number of ether oxygens (including phenoxy) is 1. The Labute approximate surface area is 176 Å². The summed E-state index contributed by atoms with van der Waals surface area (Å²) < 4.78 is 7.93. The van der Waals surface area contributed by atoms with Crippen molar-refractivity contribution in [3.05, 3.63) is 42.2 Å². The summed E-state index contributed by atoms with van der Waals surface area (Å²) >= 11 is 0. The highest BCUT2D eigenvalue weighted by molar-refractivity contribution is 5.84. The molecule has 7 heteroatoms. The predicted molar refractivity (Wildman–Crippen MR) is 116 cm³/mol. The number of carbonyl (C=O) groups excluding carboxylic acids is 1. The Morgan fingerprint density at radius 3 is 2.87 bits per heavy atom. The van der Waals surface area contributed by atoms with Crippen molar-refractivity contribution in [2.24, 2.45) is 0 Å². The number of benzene rings is 1. The summed E-state index contributed by atoms with van der Waals surface area (Å²) in [6, 6.07) is 10.3. The molecule has 1 N–H and O–H groups in total. The average molecular weight is 406 g/mol. The van der Waals surface area contributed by atoms with Crippen LogP contribution < -0.4 is 10.1 Å². The number of aromatic nitrogens is 3. The van der Waals surface area contributed by atoms with Crippen molar-refractivity contribution in [3.8, 4) is 17.0 Å². The zero-order chi connectivity index (χ0) is 20.9. The monoisotopic (exact) mass is 405 g/mol. The summed E-state index contributed by atoms with van der Waals surface area (Å²) in [7, 11) is 0. The Kier molecular flexibility index (Phi) is 4.41. The molecule has 0 saturated carbocycles. The first-order valence-corrected chi connectivity index (χ1v) is 10.7. The van der Waals surface area contributed by atoms with Crippen LogP contribution in [0.3, 0.4) is 0 Å². The molecule has 2 aromatic heterocycles. The summed E-state index contributed by atoms with van der Waals surface area (Å²) in [5, 5.41) is 8.78. The smallest absolute Gasteiger partial charge is 0.317 e. The van der Waals surface area contributed by atoms with Crippen LogP contribution in [0.4, 0.5) is 4.79 Å². The molecule has 4 heterocycles. The number of amides is 2. The SMILES string of the molecule is CCNC(=O)N1CC2(CCn3nc(-c4cnc5ccc(OC(C)C)cc5c4)cc32)C1. The molecular formula is C23H27N5O2. The molecule has 2 aliphatic heterocycles. The Bertz CT molecular complexity index is 1110. The topological polar surface area (TPSA) is 72.3 Å². The maximum Gasteiger partial charge on any atom is 0.317 e. The number of fused-ring (bicyclic) bond motifs is 3. The van der Waals surface area contributed by atoms with Gasteiger partial charge < -0.3 is 15.0 Å². The first-order chi connectivity index (χ1) is 14.5. The fourth-order valence-corrected chi connectivity index (χ4v) is 4.61. The van der Waals surface area contributed by atoms with Crippen LogP contribution in [0, 0.1) is 0 Å². The number of pyridine rings is 1. The Morgan fingerprint density at radius 1 is 1.27 bits per heavy atom. The van der Waals surface area contributed by atoms with Crippen LogP contribution in [-0.4, -0.2) is 51.4 Å². The third-order valence-electron chi connectivity index (χ3n) is 6.05. The minimum absolute atomic E-state index is 0.0273. The maximum absolute atomic E-state index is 12.1. The van der Waals surface area contributed by atoms with E-state index in [1.54, 1.807) is 0 Å². The van der Waals surface area contributed by atoms with Gasteiger partial charge in [-0.1, -0.05) is 0 Å². The highest BCUT2D eigenvalue weighted by Gasteiger charge is 2.51. The number of nitrogens with one attached hydrogen (secondary N) is 1. The number of aryl methyl sites for hydroxylation is 1. The lowest BCUT2D eigenvalue weighted by Crippen LogP contribution is -2.62. The summed E-state index contributed by atoms with van der Waals surface area (Å²) in [4.78, 5) is 18.6. The largest absolute Gasteiger partial charge is 0.491 e. The molecule has 1 spiro atoms. The van der Waals surface area contributed by atoms with Crippen LogP contribution in [0.1, 0.15) is 32.9 Å². The third-order valence-corrected chi connectivity index (χ3v) is 6.05. The zero-order valence-electron chi connectivity index (χ0n) is 17.7. The van der Waals surface area contributed by atoms with Crippen LogP contribution in [-0.2, 0) is 12.0 Å². The van der Waals surface area contributed by atoms with E-state index in [4.69, 9.17) is 9.84 Å². The van der Waals surface area contributed by atoms with Gasteiger partial charge in [0.2, 0.25) is 0 Å². The predicted octanol–water partition coefficient (Wildman–Crippen LogP) is 3.57. The van der Waals surface area contributed by atoms with Gasteiger partial charge in [-0.2, -0.15) is 5.10 Å². The molecule has 1 aromatic carbocycles. The first-order valence-electron chi connectivity index (χ1n) is 10.7. The average Bonchev–Trinajstić information content (AvgIpc) is 3.25. The number of rotatable bonds is 4. The van der Waals surface area contributed by atoms with Gasteiger partial charge in [-0.15, -0.1) is 0 Å². The minimum Gasteiger partial charge on any atom is -0.491 e. The fraction of sp³-hybridized carbons (Fsp3) is 0.435. The lowest BCUT2D eigenvalue weighted by molar-refractivity contribution is 0.0925. The van der Waals surface area contributed by atoms with E-state index in [2.05, 4.69) is 27.1 Å². The molecule has 7 nitrogen and oxygen atoms in total. The van der Waals surface area contributed by atoms with Gasteiger partial charge in [0.15, 0.2) is 0 Å². The van der Waals surface area contributed by atoms with E-state index in [0.29, 0.717) is 6.54 Å². The number of urea groups is 1. The first kappa shape index (κ1) is 18.9. The molecule has 2 aliphatic rings. The van der Waals surface area contributed by atoms with Gasteiger partial charge in [-0.05, 0) is 57.5 Å². The number of hydrogen-bond acceptors (Lipinski definition) is 4. The molecule has 3 aromatic rings. The van der Waals surface area contributed by atoms with E-state index < -0.39 is 0 Å². The van der Waals surface area contributed by atoms with Gasteiger partial charge in [-0.3, -0.25) is 9.67 Å². The second-order valence-corrected chi connectivity index (χ2v) is 8.60. The summed E-state index contributed by atoms with van der Waals surface area (Å²) in [6.45, 7) is 9.06. The van der Waals surface area contributed by atoms with Crippen LogP contribution in [0.5, 0.6) is 5.75 Å². The van der Waals surface area contributed by atoms with Crippen LogP contribution in [0.2, 0.25) is 0 Å². The molecule has 0 radical (unpaired) electrons. The van der Waals surface area contributed by atoms with Gasteiger partial charge in [0.25, 0.3) is 0 Å². The lowest BCUT2D eigenvalue weighted by atomic mass is 9.76. The highest BCUT2D eigenvalue weighted by Crippen LogP contribution is 2.43. The Hall–Kier alpha value is -3.09. The van der Waals surface area contributed by atoms with E-state index in [9.17, 15) is 4.79 Å². The third kappa shape index (κ3) is 3.09. The zero-order valence-corrected chi connectivity index (χ0v) is 17.7. The van der Waals surface area contributed by atoms with Crippen molar-refractivity contribution in [2.45, 2.75) is 45.3 Å². The second-order valence-electron chi connectivity index (χ2n) is 8.60. The van der Waals surface area contributed by atoms with E-state index >= 15 is 0 Å². The van der Waals surface area contributed by atoms with Gasteiger partial charge >= 0.3 is 6.03 Å². The van der Waals surface area contributed by atoms with Crippen molar-refractivity contribution in [2.75, 3.05) is 19.6 Å². The molecule has 0 atom stereocenters. The quantitative estimate of drug-likeness (QED) is 0.720. The van der Waals surface area contributed by atoms with Gasteiger partial charge in [0, 0.05) is 54.4 Å². The van der Waals surface area contributed by atoms with E-state index in [1.807, 2.05) is 50.1 Å². The Balaban J connectivity index is 1.41. The molecule has 30 heavy (non-hydrogen) atoms. The van der Waals surface area contributed by atoms with Crippen molar-refractivity contribution in [3.63, 3.8) is 0 Å². The molecule has 0 bridgehead atoms. The van der Waals surface area contributed by atoms with E-state index in [1.165, 1.54) is 5.69 Å². The number of carbonyl (C=O) groups is 1. The van der Waals surface area contributed by atoms with Crippen molar-refractivity contribution >= 4 is 16.9 Å². The van der Waals surface area contributed by atoms with Crippen LogP contribution >= 0.6 is 0 Å². The van der Waals surface area contributed by atoms with Gasteiger partial charge in [-0.25, -0.2) is 4.79 Å². The molecule has 5 rings (SSSR count). The number of likely N-dealkylation sites (tertiary alicyclic amines) is 1. The molecule has 2 amide bonds. The normalized spacial score (nSPS) is 16.7. The second kappa shape index (κ2) is 7.00. The van der Waals surface area contributed by atoms with Crippen molar-refractivity contribution in [1.82, 2.24) is 25.0 Å². The van der Waals surface area contributed by atoms with Crippen LogP contribution in [0.25, 0.3) is 22.2 Å². The van der Waals surface area contributed by atoms with Crippen molar-refractivity contribution in [1.29, 1.82) is 0 Å². The molecule has 1 fully saturated rings.